The number of aliphatic imine (C=N–C) groups is 1. The zero-order valence-corrected chi connectivity index (χ0v) is 13.2. The number of benzene rings is 2. The summed E-state index contributed by atoms with van der Waals surface area (Å²) in [7, 11) is -3.78. The highest BCUT2D eigenvalue weighted by atomic mass is 32.2. The lowest BCUT2D eigenvalue weighted by molar-refractivity contribution is 0.0706. The summed E-state index contributed by atoms with van der Waals surface area (Å²) in [6, 6.07) is 11.1. The average Bonchev–Trinajstić information content (AvgIpc) is 2.94. The van der Waals surface area contributed by atoms with Crippen LogP contribution in [0.3, 0.4) is 0 Å². The first kappa shape index (κ1) is 16.1. The second kappa shape index (κ2) is 6.04. The molecule has 0 aliphatic carbocycles. The minimum absolute atomic E-state index is 0.00728. The largest absolute Gasteiger partial charge is 0.343 e. The van der Waals surface area contributed by atoms with Crippen molar-refractivity contribution in [2.45, 2.75) is 11.3 Å². The molecule has 2 aromatic rings. The van der Waals surface area contributed by atoms with Crippen molar-refractivity contribution in [3.05, 3.63) is 53.6 Å². The van der Waals surface area contributed by atoms with E-state index in [4.69, 9.17) is 10.3 Å². The zero-order chi connectivity index (χ0) is 17.3. The van der Waals surface area contributed by atoms with E-state index in [1.54, 1.807) is 35.8 Å². The van der Waals surface area contributed by atoms with Gasteiger partial charge >= 0.3 is 0 Å². The molecular formula is C15H14N4O4S. The molecule has 0 aromatic heterocycles. The highest BCUT2D eigenvalue weighted by molar-refractivity contribution is 7.89. The van der Waals surface area contributed by atoms with Gasteiger partial charge in [-0.3, -0.25) is 10.0 Å². The van der Waals surface area contributed by atoms with Crippen molar-refractivity contribution in [3.8, 4) is 0 Å². The summed E-state index contributed by atoms with van der Waals surface area (Å²) < 4.78 is 22.8. The predicted octanol–water partition coefficient (Wildman–Crippen LogP) is 1.15. The van der Waals surface area contributed by atoms with Gasteiger partial charge in [-0.25, -0.2) is 24.0 Å². The fourth-order valence-corrected chi connectivity index (χ4v) is 2.91. The van der Waals surface area contributed by atoms with Gasteiger partial charge in [0.1, 0.15) is 5.84 Å². The second-order valence-electron chi connectivity index (χ2n) is 5.22. The number of hydroxylamine groups is 1. The summed E-state index contributed by atoms with van der Waals surface area (Å²) in [5.41, 5.74) is 3.88. The standard InChI is InChI=1S/C15H14N4O4S/c16-24(22,23)12-5-4-9-7-14(18-13(9)8-12)17-11-3-1-2-10(6-11)15(20)19-21/h1-6,8,21H,7H2,(H,17,18)(H,19,20)(H2,16,22,23). The van der Waals surface area contributed by atoms with Crippen molar-refractivity contribution in [1.29, 1.82) is 0 Å². The number of rotatable bonds is 3. The molecule has 0 radical (unpaired) electrons. The Kier molecular flexibility index (Phi) is 4.06. The molecule has 8 nitrogen and oxygen atoms in total. The van der Waals surface area contributed by atoms with Crippen molar-refractivity contribution < 1.29 is 18.4 Å². The molecule has 0 saturated heterocycles. The summed E-state index contributed by atoms with van der Waals surface area (Å²) in [4.78, 5) is 15.8. The molecule has 1 heterocycles. The molecule has 2 aromatic carbocycles. The van der Waals surface area contributed by atoms with Crippen LogP contribution in [0.15, 0.2) is 52.4 Å². The molecule has 0 saturated carbocycles. The van der Waals surface area contributed by atoms with E-state index in [0.29, 0.717) is 23.6 Å². The quantitative estimate of drug-likeness (QED) is 0.488. The number of anilines is 1. The molecule has 1 aliphatic heterocycles. The summed E-state index contributed by atoms with van der Waals surface area (Å²) in [5, 5.41) is 16.9. The molecule has 9 heteroatoms. The number of amides is 1. The predicted molar refractivity (Wildman–Crippen MR) is 87.9 cm³/mol. The molecule has 5 N–H and O–H groups in total. The molecule has 124 valence electrons. The maximum atomic E-state index is 11.4. The van der Waals surface area contributed by atoms with Crippen molar-refractivity contribution in [2.75, 3.05) is 5.32 Å². The van der Waals surface area contributed by atoms with E-state index in [1.165, 1.54) is 12.1 Å². The Bertz CT molecular complexity index is 954. The van der Waals surface area contributed by atoms with Gasteiger partial charge in [0.25, 0.3) is 5.91 Å². The summed E-state index contributed by atoms with van der Waals surface area (Å²) >= 11 is 0. The second-order valence-corrected chi connectivity index (χ2v) is 6.78. The third kappa shape index (κ3) is 3.27. The third-order valence-corrected chi connectivity index (χ3v) is 4.42. The van der Waals surface area contributed by atoms with Gasteiger partial charge in [0.2, 0.25) is 10.0 Å². The molecule has 24 heavy (non-hydrogen) atoms. The highest BCUT2D eigenvalue weighted by Gasteiger charge is 2.18. The van der Waals surface area contributed by atoms with Crippen LogP contribution in [-0.4, -0.2) is 25.4 Å². The van der Waals surface area contributed by atoms with Crippen LogP contribution in [0, 0.1) is 0 Å². The van der Waals surface area contributed by atoms with Gasteiger partial charge < -0.3 is 5.32 Å². The Hall–Kier alpha value is -2.75. The zero-order valence-electron chi connectivity index (χ0n) is 12.4. The Labute approximate surface area is 138 Å². The topological polar surface area (TPSA) is 134 Å². The average molecular weight is 346 g/mol. The van der Waals surface area contributed by atoms with E-state index in [-0.39, 0.29) is 10.5 Å². The lowest BCUT2D eigenvalue weighted by Gasteiger charge is -2.07. The van der Waals surface area contributed by atoms with Gasteiger partial charge in [-0.2, -0.15) is 0 Å². The molecule has 1 amide bonds. The summed E-state index contributed by atoms with van der Waals surface area (Å²) in [6.07, 6.45) is 0.497. The van der Waals surface area contributed by atoms with Crippen LogP contribution in [0.4, 0.5) is 11.4 Å². The Morgan fingerprint density at radius 1 is 1.21 bits per heavy atom. The van der Waals surface area contributed by atoms with Gasteiger partial charge in [0, 0.05) is 17.7 Å². The van der Waals surface area contributed by atoms with E-state index in [1.807, 2.05) is 0 Å². The van der Waals surface area contributed by atoms with Gasteiger partial charge in [-0.1, -0.05) is 12.1 Å². The smallest absolute Gasteiger partial charge is 0.274 e. The molecule has 3 rings (SSSR count). The summed E-state index contributed by atoms with van der Waals surface area (Å²) in [5.74, 6) is -0.00813. The fraction of sp³-hybridized carbons (Fsp3) is 0.0667. The first-order valence-corrected chi connectivity index (χ1v) is 8.46. The number of sulfonamides is 1. The number of hydrogen-bond acceptors (Lipinski definition) is 6. The number of carbonyl (C=O) groups is 1. The van der Waals surface area contributed by atoms with Crippen LogP contribution < -0.4 is 15.9 Å². The number of nitrogens with one attached hydrogen (secondary N) is 2. The van der Waals surface area contributed by atoms with Crippen LogP contribution in [0.25, 0.3) is 0 Å². The SMILES string of the molecule is NS(=O)(=O)c1ccc2c(c1)N=C(Nc1cccc(C(=O)NO)c1)C2. The lowest BCUT2D eigenvalue weighted by Crippen LogP contribution is -2.19. The van der Waals surface area contributed by atoms with Crippen molar-refractivity contribution in [2.24, 2.45) is 10.1 Å². The minimum Gasteiger partial charge on any atom is -0.343 e. The summed E-state index contributed by atoms with van der Waals surface area (Å²) in [6.45, 7) is 0. The monoisotopic (exact) mass is 346 g/mol. The van der Waals surface area contributed by atoms with Gasteiger partial charge in [-0.15, -0.1) is 0 Å². The van der Waals surface area contributed by atoms with Crippen LogP contribution in [0.1, 0.15) is 15.9 Å². The van der Waals surface area contributed by atoms with Crippen molar-refractivity contribution in [3.63, 3.8) is 0 Å². The first-order valence-electron chi connectivity index (χ1n) is 6.91. The molecule has 0 bridgehead atoms. The normalized spacial score (nSPS) is 13.2. The van der Waals surface area contributed by atoms with Crippen LogP contribution in [0.2, 0.25) is 0 Å². The fourth-order valence-electron chi connectivity index (χ4n) is 2.38. The van der Waals surface area contributed by atoms with E-state index in [0.717, 1.165) is 5.56 Å². The number of amidine groups is 1. The van der Waals surface area contributed by atoms with E-state index >= 15 is 0 Å². The van der Waals surface area contributed by atoms with Gasteiger partial charge in [0.05, 0.1) is 10.6 Å². The molecule has 0 atom stereocenters. The molecule has 0 unspecified atom stereocenters. The number of primary sulfonamides is 1. The molecule has 0 fully saturated rings. The van der Waals surface area contributed by atoms with Gasteiger partial charge in [-0.05, 0) is 35.9 Å². The lowest BCUT2D eigenvalue weighted by atomic mass is 10.1. The van der Waals surface area contributed by atoms with E-state index in [2.05, 4.69) is 10.3 Å². The molecule has 1 aliphatic rings. The number of hydrogen-bond donors (Lipinski definition) is 4. The van der Waals surface area contributed by atoms with Crippen molar-refractivity contribution in [1.82, 2.24) is 5.48 Å². The maximum absolute atomic E-state index is 11.4. The van der Waals surface area contributed by atoms with Crippen LogP contribution in [-0.2, 0) is 16.4 Å². The number of carbonyl (C=O) groups excluding carboxylic acids is 1. The Morgan fingerprint density at radius 3 is 2.71 bits per heavy atom. The van der Waals surface area contributed by atoms with Crippen LogP contribution in [0.5, 0.6) is 0 Å². The van der Waals surface area contributed by atoms with E-state index in [9.17, 15) is 13.2 Å². The van der Waals surface area contributed by atoms with Crippen molar-refractivity contribution >= 4 is 33.1 Å². The number of nitrogens with two attached hydrogens (primary N) is 1. The van der Waals surface area contributed by atoms with Gasteiger partial charge in [0.15, 0.2) is 0 Å². The molecule has 0 spiro atoms. The van der Waals surface area contributed by atoms with E-state index < -0.39 is 15.9 Å². The minimum atomic E-state index is -3.78. The number of fused-ring (bicyclic) bond motifs is 1. The highest BCUT2D eigenvalue weighted by Crippen LogP contribution is 2.29. The molecular weight excluding hydrogens is 332 g/mol. The Balaban J connectivity index is 1.83. The third-order valence-electron chi connectivity index (χ3n) is 3.51. The van der Waals surface area contributed by atoms with Crippen LogP contribution >= 0.6 is 0 Å². The maximum Gasteiger partial charge on any atom is 0.274 e. The number of nitrogens with zero attached hydrogens (tertiary/aromatic N) is 1. The first-order chi connectivity index (χ1) is 11.4. The Morgan fingerprint density at radius 2 is 2.00 bits per heavy atom.